The fraction of sp³-hybridized carbons (Fsp3) is 0.286. The number of nitrogens with zero attached hydrogens (tertiary/aromatic N) is 3. The summed E-state index contributed by atoms with van der Waals surface area (Å²) in [5, 5.41) is 12.1. The van der Waals surface area contributed by atoms with E-state index in [0.29, 0.717) is 22.3 Å². The topological polar surface area (TPSA) is 78.3 Å². The number of ether oxygens (including phenoxy) is 2. The van der Waals surface area contributed by atoms with E-state index in [1.54, 1.807) is 32.4 Å². The first-order chi connectivity index (χ1) is 14.1. The van der Waals surface area contributed by atoms with Gasteiger partial charge in [-0.2, -0.15) is 0 Å². The lowest BCUT2D eigenvalue weighted by molar-refractivity contribution is -0.113. The molecule has 0 atom stereocenters. The second-order valence-electron chi connectivity index (χ2n) is 6.35. The predicted molar refractivity (Wildman–Crippen MR) is 114 cm³/mol. The summed E-state index contributed by atoms with van der Waals surface area (Å²) in [5.41, 5.74) is 1.86. The minimum atomic E-state index is -0.146. The highest BCUT2D eigenvalue weighted by atomic mass is 32.2. The number of methoxy groups -OCH3 is 2. The summed E-state index contributed by atoms with van der Waals surface area (Å²) in [4.78, 5) is 12.4. The van der Waals surface area contributed by atoms with Crippen LogP contribution < -0.4 is 14.8 Å². The lowest BCUT2D eigenvalue weighted by Crippen LogP contribution is -2.15. The summed E-state index contributed by atoms with van der Waals surface area (Å²) in [6.45, 7) is 0. The summed E-state index contributed by atoms with van der Waals surface area (Å²) < 4.78 is 12.4. The highest BCUT2D eigenvalue weighted by molar-refractivity contribution is 7.99. The van der Waals surface area contributed by atoms with E-state index >= 15 is 0 Å². The van der Waals surface area contributed by atoms with Gasteiger partial charge in [-0.3, -0.25) is 4.79 Å². The Balaban J connectivity index is 1.55. The van der Waals surface area contributed by atoms with Crippen LogP contribution in [0.3, 0.4) is 0 Å². The molecule has 0 aliphatic heterocycles. The van der Waals surface area contributed by atoms with E-state index < -0.39 is 0 Å². The number of nitrogens with one attached hydrogen (secondary N) is 1. The van der Waals surface area contributed by atoms with Gasteiger partial charge in [-0.25, -0.2) is 0 Å². The molecule has 8 heteroatoms. The number of hydrogen-bond donors (Lipinski definition) is 1. The highest BCUT2D eigenvalue weighted by Gasteiger charge is 2.13. The molecular formula is C21H24N4O3S. The Hall–Kier alpha value is -3.00. The van der Waals surface area contributed by atoms with Crippen molar-refractivity contribution in [3.05, 3.63) is 59.9 Å². The van der Waals surface area contributed by atoms with E-state index in [0.717, 1.165) is 18.7 Å². The van der Waals surface area contributed by atoms with Crippen molar-refractivity contribution in [2.24, 2.45) is 7.05 Å². The molecule has 0 bridgehead atoms. The van der Waals surface area contributed by atoms with Crippen molar-refractivity contribution in [1.29, 1.82) is 0 Å². The normalized spacial score (nSPS) is 10.6. The monoisotopic (exact) mass is 412 g/mol. The molecule has 0 unspecified atom stereocenters. The highest BCUT2D eigenvalue weighted by Crippen LogP contribution is 2.29. The lowest BCUT2D eigenvalue weighted by Gasteiger charge is -2.11. The average Bonchev–Trinajstić information content (AvgIpc) is 3.11. The standard InChI is InChI=1S/C21H24N4O3S/c1-25-19(12-9-15-7-5-4-6-8-15)23-24-21(25)29-14-20(26)22-17-11-10-16(27-2)13-18(17)28-3/h4-8,10-11,13H,9,12,14H2,1-3H3,(H,22,26). The van der Waals surface area contributed by atoms with Crippen LogP contribution in [0.5, 0.6) is 11.5 Å². The SMILES string of the molecule is COc1ccc(NC(=O)CSc2nnc(CCc3ccccc3)n2C)c(OC)c1. The van der Waals surface area contributed by atoms with Gasteiger partial charge in [-0.05, 0) is 24.1 Å². The molecule has 7 nitrogen and oxygen atoms in total. The predicted octanol–water partition coefficient (Wildman–Crippen LogP) is 3.35. The van der Waals surface area contributed by atoms with Crippen LogP contribution in [0.15, 0.2) is 53.7 Å². The molecule has 1 amide bonds. The molecule has 1 aromatic heterocycles. The maximum absolute atomic E-state index is 12.4. The van der Waals surface area contributed by atoms with Crippen LogP contribution in [0.25, 0.3) is 0 Å². The fourth-order valence-electron chi connectivity index (χ4n) is 2.81. The van der Waals surface area contributed by atoms with Crippen LogP contribution in [0, 0.1) is 0 Å². The number of carbonyl (C=O) groups is 1. The van der Waals surface area contributed by atoms with E-state index in [9.17, 15) is 4.79 Å². The zero-order chi connectivity index (χ0) is 20.6. The first-order valence-corrected chi connectivity index (χ1v) is 10.2. The first-order valence-electron chi connectivity index (χ1n) is 9.17. The van der Waals surface area contributed by atoms with Crippen molar-refractivity contribution < 1.29 is 14.3 Å². The molecule has 3 rings (SSSR count). The molecule has 0 radical (unpaired) electrons. The second-order valence-corrected chi connectivity index (χ2v) is 7.29. The fourth-order valence-corrected chi connectivity index (χ4v) is 3.54. The maximum atomic E-state index is 12.4. The molecule has 1 heterocycles. The minimum Gasteiger partial charge on any atom is -0.497 e. The van der Waals surface area contributed by atoms with Gasteiger partial charge in [-0.1, -0.05) is 42.1 Å². The maximum Gasteiger partial charge on any atom is 0.234 e. The number of hydrogen-bond acceptors (Lipinski definition) is 6. The van der Waals surface area contributed by atoms with E-state index in [1.807, 2.05) is 29.8 Å². The Morgan fingerprint density at radius 1 is 1.07 bits per heavy atom. The van der Waals surface area contributed by atoms with Gasteiger partial charge in [0.1, 0.15) is 17.3 Å². The van der Waals surface area contributed by atoms with Crippen LogP contribution >= 0.6 is 11.8 Å². The number of benzene rings is 2. The number of carbonyl (C=O) groups excluding carboxylic acids is 1. The number of aryl methyl sites for hydroxylation is 2. The van der Waals surface area contributed by atoms with Crippen molar-refractivity contribution in [3.63, 3.8) is 0 Å². The van der Waals surface area contributed by atoms with Crippen LogP contribution in [-0.4, -0.2) is 40.6 Å². The molecule has 29 heavy (non-hydrogen) atoms. The third kappa shape index (κ3) is 5.51. The number of anilines is 1. The van der Waals surface area contributed by atoms with Crippen LogP contribution in [0.1, 0.15) is 11.4 Å². The van der Waals surface area contributed by atoms with E-state index in [4.69, 9.17) is 9.47 Å². The molecular weight excluding hydrogens is 388 g/mol. The van der Waals surface area contributed by atoms with Crippen LogP contribution in [-0.2, 0) is 24.7 Å². The summed E-state index contributed by atoms with van der Waals surface area (Å²) in [7, 11) is 5.06. The van der Waals surface area contributed by atoms with Gasteiger partial charge in [-0.15, -0.1) is 10.2 Å². The van der Waals surface area contributed by atoms with Crippen molar-refractivity contribution >= 4 is 23.4 Å². The van der Waals surface area contributed by atoms with Gasteiger partial charge in [0.25, 0.3) is 0 Å². The Kier molecular flexibility index (Phi) is 7.13. The van der Waals surface area contributed by atoms with Crippen molar-refractivity contribution in [1.82, 2.24) is 14.8 Å². The second kappa shape index (κ2) is 9.97. The third-order valence-electron chi connectivity index (χ3n) is 4.42. The summed E-state index contributed by atoms with van der Waals surface area (Å²) in [6.07, 6.45) is 1.69. The lowest BCUT2D eigenvalue weighted by atomic mass is 10.1. The minimum absolute atomic E-state index is 0.146. The smallest absolute Gasteiger partial charge is 0.234 e. The zero-order valence-electron chi connectivity index (χ0n) is 16.7. The van der Waals surface area contributed by atoms with E-state index in [-0.39, 0.29) is 11.7 Å². The van der Waals surface area contributed by atoms with E-state index in [1.165, 1.54) is 17.3 Å². The molecule has 0 aliphatic carbocycles. The number of thioether (sulfide) groups is 1. The molecule has 2 aromatic carbocycles. The first kappa shape index (κ1) is 20.7. The molecule has 0 spiro atoms. The molecule has 152 valence electrons. The van der Waals surface area contributed by atoms with Gasteiger partial charge in [0.2, 0.25) is 5.91 Å². The summed E-state index contributed by atoms with van der Waals surface area (Å²) in [6, 6.07) is 15.5. The Bertz CT molecular complexity index is 960. The quantitative estimate of drug-likeness (QED) is 0.543. The molecule has 3 aromatic rings. The number of aromatic nitrogens is 3. The molecule has 0 fully saturated rings. The average molecular weight is 413 g/mol. The molecule has 0 saturated heterocycles. The van der Waals surface area contributed by atoms with Gasteiger partial charge in [0.15, 0.2) is 5.16 Å². The van der Waals surface area contributed by atoms with Crippen LogP contribution in [0.2, 0.25) is 0 Å². The van der Waals surface area contributed by atoms with Crippen molar-refractivity contribution in [3.8, 4) is 11.5 Å². The molecule has 0 saturated carbocycles. The molecule has 0 aliphatic rings. The number of rotatable bonds is 9. The molecule has 1 N–H and O–H groups in total. The number of amides is 1. The Labute approximate surface area is 174 Å². The van der Waals surface area contributed by atoms with Gasteiger partial charge in [0, 0.05) is 19.5 Å². The van der Waals surface area contributed by atoms with Gasteiger partial charge in [0.05, 0.1) is 25.7 Å². The van der Waals surface area contributed by atoms with Gasteiger partial charge < -0.3 is 19.4 Å². The summed E-state index contributed by atoms with van der Waals surface area (Å²) in [5.74, 6) is 2.18. The largest absolute Gasteiger partial charge is 0.497 e. The third-order valence-corrected chi connectivity index (χ3v) is 5.44. The zero-order valence-corrected chi connectivity index (χ0v) is 17.5. The van der Waals surface area contributed by atoms with Gasteiger partial charge >= 0.3 is 0 Å². The Morgan fingerprint density at radius 3 is 2.59 bits per heavy atom. The summed E-state index contributed by atoms with van der Waals surface area (Å²) >= 11 is 1.35. The van der Waals surface area contributed by atoms with Crippen LogP contribution in [0.4, 0.5) is 5.69 Å². The van der Waals surface area contributed by atoms with Crippen molar-refractivity contribution in [2.75, 3.05) is 25.3 Å². The Morgan fingerprint density at radius 2 is 1.86 bits per heavy atom. The van der Waals surface area contributed by atoms with Crippen molar-refractivity contribution in [2.45, 2.75) is 18.0 Å². The van der Waals surface area contributed by atoms with E-state index in [2.05, 4.69) is 27.6 Å².